The number of halogens is 1. The molecule has 0 saturated heterocycles. The molecule has 0 atom stereocenters. The molecule has 0 spiro atoms. The highest BCUT2D eigenvalue weighted by Gasteiger charge is 2.10. The minimum atomic E-state index is 0.442. The third-order valence-corrected chi connectivity index (χ3v) is 3.44. The Hall–Kier alpha value is -2.08. The molecule has 104 valence electrons. The Morgan fingerprint density at radius 2 is 2.20 bits per heavy atom. The standard InChI is InChI=1S/C13H15ClN6/c1-3-9-7-16-13-11(6-12(14)18-20(9)13)15-8-10-4-5-17-19(10)2/h4-7,15H,3,8H2,1-2H3. The van der Waals surface area contributed by atoms with Crippen molar-refractivity contribution in [1.29, 1.82) is 0 Å². The molecule has 0 aliphatic carbocycles. The molecule has 0 aliphatic heterocycles. The van der Waals surface area contributed by atoms with Crippen molar-refractivity contribution < 1.29 is 0 Å². The maximum Gasteiger partial charge on any atom is 0.177 e. The summed E-state index contributed by atoms with van der Waals surface area (Å²) in [5, 5.41) is 12.2. The van der Waals surface area contributed by atoms with E-state index in [2.05, 4.69) is 27.4 Å². The van der Waals surface area contributed by atoms with Crippen LogP contribution in [0.5, 0.6) is 0 Å². The molecule has 0 amide bonds. The van der Waals surface area contributed by atoms with Crippen molar-refractivity contribution in [3.8, 4) is 0 Å². The maximum absolute atomic E-state index is 6.08. The van der Waals surface area contributed by atoms with E-state index in [4.69, 9.17) is 11.6 Å². The molecule has 3 rings (SSSR count). The van der Waals surface area contributed by atoms with Crippen LogP contribution in [0.3, 0.4) is 0 Å². The Kier molecular flexibility index (Phi) is 3.31. The second-order valence-corrected chi connectivity index (χ2v) is 4.91. The molecular formula is C13H15ClN6. The van der Waals surface area contributed by atoms with Crippen molar-refractivity contribution in [1.82, 2.24) is 24.4 Å². The zero-order valence-corrected chi connectivity index (χ0v) is 12.1. The van der Waals surface area contributed by atoms with E-state index < -0.39 is 0 Å². The largest absolute Gasteiger partial charge is 0.376 e. The van der Waals surface area contributed by atoms with Gasteiger partial charge in [-0.3, -0.25) is 4.68 Å². The molecule has 0 saturated carbocycles. The highest BCUT2D eigenvalue weighted by Crippen LogP contribution is 2.21. The number of aryl methyl sites for hydroxylation is 2. The zero-order chi connectivity index (χ0) is 14.1. The van der Waals surface area contributed by atoms with E-state index in [0.717, 1.165) is 29.1 Å². The van der Waals surface area contributed by atoms with Crippen molar-refractivity contribution in [3.05, 3.63) is 41.1 Å². The lowest BCUT2D eigenvalue weighted by atomic mass is 10.3. The van der Waals surface area contributed by atoms with E-state index in [0.29, 0.717) is 11.7 Å². The summed E-state index contributed by atoms with van der Waals surface area (Å²) in [6.07, 6.45) is 4.46. The molecule has 0 bridgehead atoms. The highest BCUT2D eigenvalue weighted by atomic mass is 35.5. The fourth-order valence-electron chi connectivity index (χ4n) is 2.12. The first kappa shape index (κ1) is 12.9. The number of rotatable bonds is 4. The van der Waals surface area contributed by atoms with Gasteiger partial charge in [-0.15, -0.1) is 0 Å². The minimum Gasteiger partial charge on any atom is -0.376 e. The molecule has 3 aromatic rings. The van der Waals surface area contributed by atoms with Gasteiger partial charge >= 0.3 is 0 Å². The molecule has 0 aromatic carbocycles. The third-order valence-electron chi connectivity index (χ3n) is 3.25. The number of imidazole rings is 1. The van der Waals surface area contributed by atoms with Gasteiger partial charge in [0, 0.05) is 19.3 Å². The lowest BCUT2D eigenvalue weighted by Gasteiger charge is -2.09. The Bertz CT molecular complexity index is 744. The first-order valence-corrected chi connectivity index (χ1v) is 6.80. The van der Waals surface area contributed by atoms with E-state index in [1.807, 2.05) is 24.0 Å². The minimum absolute atomic E-state index is 0.442. The Morgan fingerprint density at radius 3 is 2.90 bits per heavy atom. The molecule has 3 heterocycles. The second-order valence-electron chi connectivity index (χ2n) is 4.52. The summed E-state index contributed by atoms with van der Waals surface area (Å²) >= 11 is 6.08. The zero-order valence-electron chi connectivity index (χ0n) is 11.3. The molecular weight excluding hydrogens is 276 g/mol. The van der Waals surface area contributed by atoms with Gasteiger partial charge in [0.1, 0.15) is 0 Å². The van der Waals surface area contributed by atoms with Crippen LogP contribution >= 0.6 is 11.6 Å². The fraction of sp³-hybridized carbons (Fsp3) is 0.308. The lowest BCUT2D eigenvalue weighted by Crippen LogP contribution is -2.07. The van der Waals surface area contributed by atoms with Crippen LogP contribution < -0.4 is 5.32 Å². The highest BCUT2D eigenvalue weighted by molar-refractivity contribution is 6.29. The topological polar surface area (TPSA) is 60.0 Å². The second kappa shape index (κ2) is 5.13. The van der Waals surface area contributed by atoms with Crippen LogP contribution in [0.25, 0.3) is 5.65 Å². The summed E-state index contributed by atoms with van der Waals surface area (Å²) in [5.74, 6) is 0. The number of nitrogens with zero attached hydrogens (tertiary/aromatic N) is 5. The summed E-state index contributed by atoms with van der Waals surface area (Å²) in [6.45, 7) is 2.72. The summed E-state index contributed by atoms with van der Waals surface area (Å²) in [5.41, 5.74) is 3.77. The van der Waals surface area contributed by atoms with E-state index in [9.17, 15) is 0 Å². The van der Waals surface area contributed by atoms with Gasteiger partial charge in [-0.05, 0) is 12.5 Å². The molecule has 7 heteroatoms. The SMILES string of the molecule is CCc1cnc2c(NCc3ccnn3C)cc(Cl)nn12. The van der Waals surface area contributed by atoms with Gasteiger partial charge in [0.15, 0.2) is 10.8 Å². The van der Waals surface area contributed by atoms with Crippen LogP contribution in [-0.4, -0.2) is 24.4 Å². The maximum atomic E-state index is 6.08. The van der Waals surface area contributed by atoms with Crippen molar-refractivity contribution in [2.24, 2.45) is 7.05 Å². The van der Waals surface area contributed by atoms with Gasteiger partial charge in [-0.25, -0.2) is 9.50 Å². The Balaban J connectivity index is 1.95. The summed E-state index contributed by atoms with van der Waals surface area (Å²) in [4.78, 5) is 4.41. The molecule has 3 aromatic heterocycles. The number of nitrogens with one attached hydrogen (secondary N) is 1. The van der Waals surface area contributed by atoms with Gasteiger partial charge < -0.3 is 5.32 Å². The molecule has 1 N–H and O–H groups in total. The average molecular weight is 291 g/mol. The number of hydrogen-bond acceptors (Lipinski definition) is 4. The van der Waals surface area contributed by atoms with Crippen LogP contribution in [0.2, 0.25) is 5.15 Å². The lowest BCUT2D eigenvalue weighted by molar-refractivity contribution is 0.720. The van der Waals surface area contributed by atoms with Crippen LogP contribution in [0.4, 0.5) is 5.69 Å². The Labute approximate surface area is 121 Å². The van der Waals surface area contributed by atoms with E-state index >= 15 is 0 Å². The van der Waals surface area contributed by atoms with Crippen LogP contribution in [0, 0.1) is 0 Å². The molecule has 20 heavy (non-hydrogen) atoms. The number of aromatic nitrogens is 5. The van der Waals surface area contributed by atoms with Crippen molar-refractivity contribution in [3.63, 3.8) is 0 Å². The molecule has 0 radical (unpaired) electrons. The summed E-state index contributed by atoms with van der Waals surface area (Å²) < 4.78 is 3.62. The average Bonchev–Trinajstić information content (AvgIpc) is 3.02. The predicted molar refractivity (Wildman–Crippen MR) is 77.9 cm³/mol. The Morgan fingerprint density at radius 1 is 1.35 bits per heavy atom. The first-order valence-electron chi connectivity index (χ1n) is 6.43. The van der Waals surface area contributed by atoms with Crippen LogP contribution in [0.1, 0.15) is 18.3 Å². The monoisotopic (exact) mass is 290 g/mol. The normalized spacial score (nSPS) is 11.2. The molecule has 0 fully saturated rings. The molecule has 6 nitrogen and oxygen atoms in total. The van der Waals surface area contributed by atoms with Crippen molar-refractivity contribution in [2.45, 2.75) is 19.9 Å². The van der Waals surface area contributed by atoms with Crippen LogP contribution in [-0.2, 0) is 20.0 Å². The van der Waals surface area contributed by atoms with Crippen molar-refractivity contribution in [2.75, 3.05) is 5.32 Å². The van der Waals surface area contributed by atoms with Crippen molar-refractivity contribution >= 4 is 22.9 Å². The van der Waals surface area contributed by atoms with Gasteiger partial charge in [-0.2, -0.15) is 10.2 Å². The van der Waals surface area contributed by atoms with Gasteiger partial charge in [0.25, 0.3) is 0 Å². The number of fused-ring (bicyclic) bond motifs is 1. The van der Waals surface area contributed by atoms with Gasteiger partial charge in [-0.1, -0.05) is 18.5 Å². The smallest absolute Gasteiger partial charge is 0.177 e. The van der Waals surface area contributed by atoms with Crippen LogP contribution in [0.15, 0.2) is 24.5 Å². The van der Waals surface area contributed by atoms with E-state index in [-0.39, 0.29) is 0 Å². The van der Waals surface area contributed by atoms with E-state index in [1.54, 1.807) is 16.8 Å². The van der Waals surface area contributed by atoms with Gasteiger partial charge in [0.05, 0.1) is 29.8 Å². The third kappa shape index (κ3) is 2.22. The van der Waals surface area contributed by atoms with E-state index in [1.165, 1.54) is 0 Å². The fourth-order valence-corrected chi connectivity index (χ4v) is 2.30. The quantitative estimate of drug-likeness (QED) is 0.801. The van der Waals surface area contributed by atoms with Gasteiger partial charge in [0.2, 0.25) is 0 Å². The first-order chi connectivity index (χ1) is 9.69. The molecule has 0 aliphatic rings. The summed E-state index contributed by atoms with van der Waals surface area (Å²) in [6, 6.07) is 3.76. The summed E-state index contributed by atoms with van der Waals surface area (Å²) in [7, 11) is 1.91. The number of anilines is 1. The molecule has 0 unspecified atom stereocenters. The predicted octanol–water partition coefficient (Wildman–Crippen LogP) is 2.29. The number of hydrogen-bond donors (Lipinski definition) is 1.